The third-order valence-electron chi connectivity index (χ3n) is 3.08. The quantitative estimate of drug-likeness (QED) is 0.795. The molecule has 0 aliphatic heterocycles. The number of aryl methyl sites for hydroxylation is 1. The number of nitrogens with zero attached hydrogens (tertiary/aromatic N) is 1. The van der Waals surface area contributed by atoms with E-state index in [4.69, 9.17) is 4.74 Å². The number of aliphatic hydroxyl groups is 1. The summed E-state index contributed by atoms with van der Waals surface area (Å²) in [5.74, 6) is 0.720. The van der Waals surface area contributed by atoms with Gasteiger partial charge in [0.15, 0.2) is 0 Å². The summed E-state index contributed by atoms with van der Waals surface area (Å²) in [4.78, 5) is 4.53. The van der Waals surface area contributed by atoms with Gasteiger partial charge in [0.1, 0.15) is 17.4 Å². The summed E-state index contributed by atoms with van der Waals surface area (Å²) >= 11 is 1.63. The van der Waals surface area contributed by atoms with Crippen molar-refractivity contribution in [1.29, 1.82) is 0 Å². The van der Waals surface area contributed by atoms with Crippen molar-refractivity contribution in [1.82, 2.24) is 4.98 Å². The van der Waals surface area contributed by atoms with Gasteiger partial charge in [0.25, 0.3) is 0 Å². The number of ether oxygens (including phenoxy) is 1. The Balaban J connectivity index is 1.79. The lowest BCUT2D eigenvalue weighted by atomic mass is 10.1. The Morgan fingerprint density at radius 2 is 2.05 bits per heavy atom. The van der Waals surface area contributed by atoms with E-state index < -0.39 is 0 Å². The van der Waals surface area contributed by atoms with Crippen molar-refractivity contribution in [3.63, 3.8) is 0 Å². The molecule has 1 N–H and O–H groups in total. The van der Waals surface area contributed by atoms with E-state index in [1.807, 2.05) is 43.3 Å². The summed E-state index contributed by atoms with van der Waals surface area (Å²) in [5, 5.41) is 10.3. The van der Waals surface area contributed by atoms with E-state index in [2.05, 4.69) is 11.1 Å². The second-order valence-corrected chi connectivity index (χ2v) is 5.75. The molecular weight excluding hydrogens is 270 g/mol. The minimum Gasteiger partial charge on any atom is -0.486 e. The fourth-order valence-corrected chi connectivity index (χ4v) is 2.97. The standard InChI is InChI=1S/C16H15NO2S/c1-11-6-7-14(12(8-11)9-18)19-10-16-17-13-4-2-3-5-15(13)20-16/h2-8,18H,9-10H2,1H3. The van der Waals surface area contributed by atoms with E-state index in [1.54, 1.807) is 11.3 Å². The molecule has 0 saturated heterocycles. The largest absolute Gasteiger partial charge is 0.486 e. The minimum absolute atomic E-state index is 0.0170. The lowest BCUT2D eigenvalue weighted by Gasteiger charge is -2.09. The fraction of sp³-hybridized carbons (Fsp3) is 0.188. The second-order valence-electron chi connectivity index (χ2n) is 4.63. The molecule has 0 radical (unpaired) electrons. The molecule has 0 amide bonds. The summed E-state index contributed by atoms with van der Waals surface area (Å²) in [6.45, 7) is 2.41. The first kappa shape index (κ1) is 13.1. The Morgan fingerprint density at radius 1 is 1.20 bits per heavy atom. The Labute approximate surface area is 121 Å². The molecule has 0 fully saturated rings. The van der Waals surface area contributed by atoms with Crippen LogP contribution in [-0.2, 0) is 13.2 Å². The van der Waals surface area contributed by atoms with Gasteiger partial charge in [0.05, 0.1) is 16.8 Å². The van der Waals surface area contributed by atoms with Crippen molar-refractivity contribution in [2.75, 3.05) is 0 Å². The summed E-state index contributed by atoms with van der Waals surface area (Å²) in [5.41, 5.74) is 2.93. The molecule has 1 heterocycles. The lowest BCUT2D eigenvalue weighted by Crippen LogP contribution is -1.98. The zero-order valence-corrected chi connectivity index (χ0v) is 12.0. The van der Waals surface area contributed by atoms with Crippen molar-refractivity contribution in [3.8, 4) is 5.75 Å². The summed E-state index contributed by atoms with van der Waals surface area (Å²) in [6.07, 6.45) is 0. The van der Waals surface area contributed by atoms with Crippen LogP contribution in [0.5, 0.6) is 5.75 Å². The fourth-order valence-electron chi connectivity index (χ4n) is 2.09. The van der Waals surface area contributed by atoms with Crippen LogP contribution in [0.15, 0.2) is 42.5 Å². The molecule has 2 aromatic carbocycles. The zero-order valence-electron chi connectivity index (χ0n) is 11.2. The highest BCUT2D eigenvalue weighted by Crippen LogP contribution is 2.25. The van der Waals surface area contributed by atoms with Gasteiger partial charge >= 0.3 is 0 Å². The van der Waals surface area contributed by atoms with Gasteiger partial charge in [-0.2, -0.15) is 0 Å². The molecule has 102 valence electrons. The molecule has 0 unspecified atom stereocenters. The molecule has 0 saturated carbocycles. The first-order valence-corrected chi connectivity index (χ1v) is 7.25. The van der Waals surface area contributed by atoms with E-state index in [0.717, 1.165) is 32.1 Å². The van der Waals surface area contributed by atoms with Crippen LogP contribution in [0.3, 0.4) is 0 Å². The summed E-state index contributed by atoms with van der Waals surface area (Å²) in [6, 6.07) is 13.9. The van der Waals surface area contributed by atoms with Gasteiger partial charge in [0.2, 0.25) is 0 Å². The Kier molecular flexibility index (Phi) is 3.67. The van der Waals surface area contributed by atoms with Crippen LogP contribution >= 0.6 is 11.3 Å². The number of aliphatic hydroxyl groups excluding tert-OH is 1. The second kappa shape index (κ2) is 5.61. The molecule has 0 bridgehead atoms. The van der Waals surface area contributed by atoms with Crippen LogP contribution < -0.4 is 4.74 Å². The predicted octanol–water partition coefficient (Wildman–Crippen LogP) is 3.68. The molecule has 1 aromatic heterocycles. The van der Waals surface area contributed by atoms with Crippen LogP contribution in [0.25, 0.3) is 10.2 Å². The lowest BCUT2D eigenvalue weighted by molar-refractivity contribution is 0.259. The molecule has 0 aliphatic carbocycles. The van der Waals surface area contributed by atoms with E-state index in [1.165, 1.54) is 0 Å². The number of benzene rings is 2. The molecule has 0 aliphatic rings. The van der Waals surface area contributed by atoms with E-state index in [0.29, 0.717) is 6.61 Å². The van der Waals surface area contributed by atoms with E-state index in [-0.39, 0.29) is 6.61 Å². The smallest absolute Gasteiger partial charge is 0.140 e. The number of aromatic nitrogens is 1. The van der Waals surface area contributed by atoms with E-state index >= 15 is 0 Å². The SMILES string of the molecule is Cc1ccc(OCc2nc3ccccc3s2)c(CO)c1. The normalized spacial score (nSPS) is 10.9. The number of para-hydroxylation sites is 1. The van der Waals surface area contributed by atoms with Gasteiger partial charge in [-0.3, -0.25) is 0 Å². The highest BCUT2D eigenvalue weighted by atomic mass is 32.1. The van der Waals surface area contributed by atoms with Crippen LogP contribution in [0.1, 0.15) is 16.1 Å². The molecule has 4 heteroatoms. The van der Waals surface area contributed by atoms with Crippen molar-refractivity contribution >= 4 is 21.6 Å². The number of hydrogen-bond acceptors (Lipinski definition) is 4. The molecule has 20 heavy (non-hydrogen) atoms. The van der Waals surface area contributed by atoms with Crippen molar-refractivity contribution in [3.05, 3.63) is 58.6 Å². The van der Waals surface area contributed by atoms with Gasteiger partial charge in [-0.1, -0.05) is 29.8 Å². The maximum atomic E-state index is 9.36. The third-order valence-corrected chi connectivity index (χ3v) is 4.09. The first-order chi connectivity index (χ1) is 9.76. The average molecular weight is 285 g/mol. The van der Waals surface area contributed by atoms with Crippen LogP contribution in [-0.4, -0.2) is 10.1 Å². The highest BCUT2D eigenvalue weighted by molar-refractivity contribution is 7.18. The predicted molar refractivity (Wildman–Crippen MR) is 81.1 cm³/mol. The topological polar surface area (TPSA) is 42.4 Å². The third kappa shape index (κ3) is 2.66. The summed E-state index contributed by atoms with van der Waals surface area (Å²) in [7, 11) is 0. The molecule has 0 spiro atoms. The number of thiazole rings is 1. The molecule has 3 aromatic rings. The molecular formula is C16H15NO2S. The Bertz CT molecular complexity index is 703. The number of hydrogen-bond donors (Lipinski definition) is 1. The van der Waals surface area contributed by atoms with E-state index in [9.17, 15) is 5.11 Å². The van der Waals surface area contributed by atoms with Gasteiger partial charge in [-0.15, -0.1) is 11.3 Å². The maximum Gasteiger partial charge on any atom is 0.140 e. The number of fused-ring (bicyclic) bond motifs is 1. The highest BCUT2D eigenvalue weighted by Gasteiger charge is 2.07. The van der Waals surface area contributed by atoms with Gasteiger partial charge in [-0.25, -0.2) is 4.98 Å². The van der Waals surface area contributed by atoms with Crippen LogP contribution in [0.2, 0.25) is 0 Å². The zero-order chi connectivity index (χ0) is 13.9. The number of rotatable bonds is 4. The van der Waals surface area contributed by atoms with Gasteiger partial charge in [0, 0.05) is 5.56 Å². The molecule has 3 rings (SSSR count). The summed E-state index contributed by atoms with van der Waals surface area (Å²) < 4.78 is 6.95. The maximum absolute atomic E-state index is 9.36. The van der Waals surface area contributed by atoms with Gasteiger partial charge < -0.3 is 9.84 Å². The van der Waals surface area contributed by atoms with Crippen molar-refractivity contribution < 1.29 is 9.84 Å². The van der Waals surface area contributed by atoms with Gasteiger partial charge in [-0.05, 0) is 25.1 Å². The molecule has 0 atom stereocenters. The van der Waals surface area contributed by atoms with Crippen molar-refractivity contribution in [2.24, 2.45) is 0 Å². The first-order valence-electron chi connectivity index (χ1n) is 6.44. The monoisotopic (exact) mass is 285 g/mol. The van der Waals surface area contributed by atoms with Crippen molar-refractivity contribution in [2.45, 2.75) is 20.1 Å². The average Bonchev–Trinajstić information content (AvgIpc) is 2.88. The van der Waals surface area contributed by atoms with Crippen LogP contribution in [0, 0.1) is 6.92 Å². The molecule has 3 nitrogen and oxygen atoms in total. The van der Waals surface area contributed by atoms with Crippen LogP contribution in [0.4, 0.5) is 0 Å². The Morgan fingerprint density at radius 3 is 2.85 bits per heavy atom. The Hall–Kier alpha value is -1.91. The minimum atomic E-state index is -0.0170.